The number of methoxy groups -OCH3 is 3. The van der Waals surface area contributed by atoms with Crippen LogP contribution < -0.4 is 0 Å². The molecule has 0 aromatic carbocycles. The fourth-order valence-corrected chi connectivity index (χ4v) is 11.7. The van der Waals surface area contributed by atoms with E-state index in [1.165, 1.54) is 38.5 Å². The van der Waals surface area contributed by atoms with Crippen LogP contribution in [0, 0.1) is 38.4 Å². The van der Waals surface area contributed by atoms with Crippen molar-refractivity contribution in [1.82, 2.24) is 0 Å². The minimum absolute atomic E-state index is 0.123. The summed E-state index contributed by atoms with van der Waals surface area (Å²) in [5.41, 5.74) is 0.746. The molecule has 6 heteroatoms. The largest absolute Gasteiger partial charge is 0.380 e. The fourth-order valence-electron chi connectivity index (χ4n) is 11.7. The average molecular weight is 521 g/mol. The standard InChI is InChI=1S/C31H52O6/c1-7-26(16-35-17-26)23(32-4)29-10-22-11-30(13-29,24(33-5)27(8-2)18-36-19-27)15-31(12-22,14-29)25(34-6)28(9-3)20-37-21-28/h22-25H,7-21H2,1-6H3. The van der Waals surface area contributed by atoms with E-state index in [0.717, 1.165) is 58.9 Å². The third kappa shape index (κ3) is 3.51. The summed E-state index contributed by atoms with van der Waals surface area (Å²) >= 11 is 0. The highest BCUT2D eigenvalue weighted by Gasteiger charge is 2.74. The summed E-state index contributed by atoms with van der Waals surface area (Å²) < 4.78 is 37.6. The lowest BCUT2D eigenvalue weighted by molar-refractivity contribution is -0.329. The van der Waals surface area contributed by atoms with Crippen molar-refractivity contribution in [2.24, 2.45) is 38.4 Å². The zero-order valence-corrected chi connectivity index (χ0v) is 24.4. The smallest absolute Gasteiger partial charge is 0.0728 e. The first-order valence-corrected chi connectivity index (χ1v) is 15.1. The lowest BCUT2D eigenvalue weighted by atomic mass is 9.33. The molecule has 3 heterocycles. The normalized spacial score (nSPS) is 42.8. The van der Waals surface area contributed by atoms with E-state index in [2.05, 4.69) is 20.8 Å². The van der Waals surface area contributed by atoms with Gasteiger partial charge in [-0.1, -0.05) is 20.8 Å². The zero-order valence-electron chi connectivity index (χ0n) is 24.4. The van der Waals surface area contributed by atoms with Crippen LogP contribution in [0.5, 0.6) is 0 Å². The molecule has 7 aliphatic rings. The van der Waals surface area contributed by atoms with Crippen LogP contribution >= 0.6 is 0 Å². The quantitative estimate of drug-likeness (QED) is 0.350. The minimum atomic E-state index is 0.123. The highest BCUT2D eigenvalue weighted by atomic mass is 16.5. The van der Waals surface area contributed by atoms with Gasteiger partial charge < -0.3 is 28.4 Å². The summed E-state index contributed by atoms with van der Waals surface area (Å²) in [6.07, 6.45) is 11.4. The molecule has 3 saturated heterocycles. The second-order valence-corrected chi connectivity index (χ2v) is 14.6. The Balaban J connectivity index is 1.48. The van der Waals surface area contributed by atoms with Crippen molar-refractivity contribution in [1.29, 1.82) is 0 Å². The lowest BCUT2D eigenvalue weighted by Crippen LogP contribution is -2.73. The van der Waals surface area contributed by atoms with Crippen molar-refractivity contribution in [2.75, 3.05) is 61.0 Å². The Bertz CT molecular complexity index is 711. The van der Waals surface area contributed by atoms with Gasteiger partial charge in [0.15, 0.2) is 0 Å². The second-order valence-electron chi connectivity index (χ2n) is 14.6. The van der Waals surface area contributed by atoms with Crippen LogP contribution in [0.2, 0.25) is 0 Å². The molecule has 37 heavy (non-hydrogen) atoms. The molecule has 7 rings (SSSR count). The number of hydrogen-bond acceptors (Lipinski definition) is 6. The first-order chi connectivity index (χ1) is 17.8. The molecule has 212 valence electrons. The van der Waals surface area contributed by atoms with E-state index in [1.54, 1.807) is 0 Å². The molecule has 4 bridgehead atoms. The molecule has 4 saturated carbocycles. The van der Waals surface area contributed by atoms with Crippen molar-refractivity contribution in [3.05, 3.63) is 0 Å². The maximum atomic E-state index is 6.64. The van der Waals surface area contributed by atoms with E-state index in [9.17, 15) is 0 Å². The Morgan fingerprint density at radius 1 is 0.541 bits per heavy atom. The second kappa shape index (κ2) is 9.14. The molecule has 6 nitrogen and oxygen atoms in total. The first kappa shape index (κ1) is 27.0. The predicted octanol–water partition coefficient (Wildman–Crippen LogP) is 5.27. The number of rotatable bonds is 12. The highest BCUT2D eigenvalue weighted by molar-refractivity contribution is 5.23. The number of hydrogen-bond donors (Lipinski definition) is 0. The Morgan fingerprint density at radius 3 is 0.973 bits per heavy atom. The van der Waals surface area contributed by atoms with Crippen molar-refractivity contribution >= 4 is 0 Å². The summed E-state index contributed by atoms with van der Waals surface area (Å²) in [7, 11) is 5.92. The summed E-state index contributed by atoms with van der Waals surface area (Å²) in [6, 6.07) is 0. The Labute approximate surface area is 224 Å². The summed E-state index contributed by atoms with van der Waals surface area (Å²) in [5, 5.41) is 0. The van der Waals surface area contributed by atoms with Crippen LogP contribution in [0.3, 0.4) is 0 Å². The number of ether oxygens (including phenoxy) is 6. The van der Waals surface area contributed by atoms with Crippen molar-refractivity contribution in [2.45, 2.75) is 96.9 Å². The molecule has 0 N–H and O–H groups in total. The first-order valence-electron chi connectivity index (χ1n) is 15.1. The van der Waals surface area contributed by atoms with Crippen LogP contribution in [0.4, 0.5) is 0 Å². The van der Waals surface area contributed by atoms with Gasteiger partial charge in [0.2, 0.25) is 0 Å². The van der Waals surface area contributed by atoms with Gasteiger partial charge in [0.25, 0.3) is 0 Å². The minimum Gasteiger partial charge on any atom is -0.380 e. The summed E-state index contributed by atoms with van der Waals surface area (Å²) in [5.74, 6) is 0.684. The van der Waals surface area contributed by atoms with Crippen LogP contribution in [0.1, 0.15) is 78.6 Å². The van der Waals surface area contributed by atoms with Gasteiger partial charge in [-0.2, -0.15) is 0 Å². The molecule has 4 aliphatic carbocycles. The molecule has 0 aromatic heterocycles. The van der Waals surface area contributed by atoms with Gasteiger partial charge in [-0.3, -0.25) is 0 Å². The van der Waals surface area contributed by atoms with E-state index in [0.29, 0.717) is 5.92 Å². The zero-order chi connectivity index (χ0) is 26.2. The molecule has 7 fully saturated rings. The average Bonchev–Trinajstić information content (AvgIpc) is 2.79. The molecule has 0 radical (unpaired) electrons. The lowest BCUT2D eigenvalue weighted by Gasteiger charge is -2.74. The van der Waals surface area contributed by atoms with Crippen molar-refractivity contribution in [3.8, 4) is 0 Å². The highest BCUT2D eigenvalue weighted by Crippen LogP contribution is 2.77. The fraction of sp³-hybridized carbons (Fsp3) is 1.00. The van der Waals surface area contributed by atoms with E-state index in [1.807, 2.05) is 21.3 Å². The Hall–Kier alpha value is -0.240. The molecule has 0 amide bonds. The maximum Gasteiger partial charge on any atom is 0.0728 e. The van der Waals surface area contributed by atoms with Crippen molar-refractivity contribution < 1.29 is 28.4 Å². The van der Waals surface area contributed by atoms with E-state index >= 15 is 0 Å². The third-order valence-electron chi connectivity index (χ3n) is 12.7. The van der Waals surface area contributed by atoms with Crippen LogP contribution in [0.15, 0.2) is 0 Å². The Kier molecular flexibility index (Phi) is 6.66. The monoisotopic (exact) mass is 520 g/mol. The summed E-state index contributed by atoms with van der Waals surface area (Å²) in [4.78, 5) is 0. The van der Waals surface area contributed by atoms with E-state index < -0.39 is 0 Å². The van der Waals surface area contributed by atoms with E-state index in [4.69, 9.17) is 28.4 Å². The molecular formula is C31H52O6. The van der Waals surface area contributed by atoms with Gasteiger partial charge in [-0.15, -0.1) is 0 Å². The molecular weight excluding hydrogens is 468 g/mol. The van der Waals surface area contributed by atoms with Crippen LogP contribution in [0.25, 0.3) is 0 Å². The van der Waals surface area contributed by atoms with Gasteiger partial charge in [-0.05, 0) is 80.0 Å². The van der Waals surface area contributed by atoms with Crippen molar-refractivity contribution in [3.63, 3.8) is 0 Å². The van der Waals surface area contributed by atoms with Crippen LogP contribution in [-0.2, 0) is 28.4 Å². The van der Waals surface area contributed by atoms with Gasteiger partial charge >= 0.3 is 0 Å². The van der Waals surface area contributed by atoms with Crippen LogP contribution in [-0.4, -0.2) is 79.3 Å². The molecule has 0 spiro atoms. The topological polar surface area (TPSA) is 55.4 Å². The molecule has 3 aliphatic heterocycles. The molecule has 3 unspecified atom stereocenters. The summed E-state index contributed by atoms with van der Waals surface area (Å²) in [6.45, 7) is 12.0. The maximum absolute atomic E-state index is 6.64. The third-order valence-corrected chi connectivity index (χ3v) is 12.7. The van der Waals surface area contributed by atoms with Gasteiger partial charge in [0, 0.05) is 37.6 Å². The van der Waals surface area contributed by atoms with E-state index in [-0.39, 0.29) is 50.8 Å². The van der Waals surface area contributed by atoms with Gasteiger partial charge in [0.05, 0.1) is 58.0 Å². The van der Waals surface area contributed by atoms with Gasteiger partial charge in [-0.25, -0.2) is 0 Å². The SMILES string of the molecule is CCC1(C(OC)C23CC4CC(C(OC)C5(CC)COC5)(C2)CC(C(OC)C2(CC)COC2)(C4)C3)COC1. The van der Waals surface area contributed by atoms with Gasteiger partial charge in [0.1, 0.15) is 0 Å². The Morgan fingerprint density at radius 2 is 0.811 bits per heavy atom. The predicted molar refractivity (Wildman–Crippen MR) is 142 cm³/mol. The molecule has 3 atom stereocenters. The molecule has 0 aromatic rings.